The minimum absolute atomic E-state index is 0.838. The van der Waals surface area contributed by atoms with Gasteiger partial charge in [-0.1, -0.05) is 19.4 Å². The third kappa shape index (κ3) is 1.76. The molecule has 3 rings (SSSR count). The van der Waals surface area contributed by atoms with E-state index in [1.165, 1.54) is 50.8 Å². The van der Waals surface area contributed by atoms with Crippen LogP contribution in [0.1, 0.15) is 55.2 Å². The smallest absolute Gasteiger partial charge is 0.0405 e. The van der Waals surface area contributed by atoms with Crippen molar-refractivity contribution < 1.29 is 0 Å². The van der Waals surface area contributed by atoms with Gasteiger partial charge in [-0.2, -0.15) is 0 Å². The van der Waals surface area contributed by atoms with Crippen molar-refractivity contribution in [1.29, 1.82) is 0 Å². The summed E-state index contributed by atoms with van der Waals surface area (Å²) in [7, 11) is 0. The van der Waals surface area contributed by atoms with Crippen molar-refractivity contribution in [3.8, 4) is 0 Å². The third-order valence-electron chi connectivity index (χ3n) is 4.52. The lowest BCUT2D eigenvalue weighted by molar-refractivity contribution is 0.567. The first-order chi connectivity index (χ1) is 8.31. The molecule has 0 spiro atoms. The number of aryl methyl sites for hydroxylation is 1. The Morgan fingerprint density at radius 3 is 3.06 bits per heavy atom. The molecule has 0 bridgehead atoms. The average molecular weight is 229 g/mol. The molecule has 0 N–H and O–H groups in total. The Morgan fingerprint density at radius 1 is 1.35 bits per heavy atom. The molecule has 0 aromatic heterocycles. The molecule has 2 aliphatic rings. The zero-order valence-corrected chi connectivity index (χ0v) is 11.1. The molecule has 0 radical (unpaired) electrons. The molecule has 1 aromatic rings. The van der Waals surface area contributed by atoms with Gasteiger partial charge in [0.2, 0.25) is 0 Å². The number of unbranched alkanes of at least 4 members (excludes halogenated alkanes) is 1. The lowest BCUT2D eigenvalue weighted by Crippen LogP contribution is -2.23. The van der Waals surface area contributed by atoms with Crippen LogP contribution in [0.15, 0.2) is 12.1 Å². The van der Waals surface area contributed by atoms with Gasteiger partial charge >= 0.3 is 0 Å². The molecular weight excluding hydrogens is 206 g/mol. The van der Waals surface area contributed by atoms with Crippen LogP contribution in [-0.4, -0.2) is 13.1 Å². The van der Waals surface area contributed by atoms with Crippen molar-refractivity contribution in [3.05, 3.63) is 28.8 Å². The van der Waals surface area contributed by atoms with E-state index >= 15 is 0 Å². The Hall–Kier alpha value is -0.980. The van der Waals surface area contributed by atoms with Crippen LogP contribution in [0.4, 0.5) is 5.69 Å². The van der Waals surface area contributed by atoms with Crippen LogP contribution in [0.2, 0.25) is 0 Å². The summed E-state index contributed by atoms with van der Waals surface area (Å²) in [4.78, 5) is 2.64. The van der Waals surface area contributed by atoms with Crippen LogP contribution in [0, 0.1) is 6.92 Å². The standard InChI is InChI=1S/C16H23N/c1-3-4-10-17-11-13-6-5-7-14-12(2)8-9-15(17)16(13)14/h8-9,13H,3-7,10-11H2,1-2H3. The second-order valence-corrected chi connectivity index (χ2v) is 5.68. The number of benzene rings is 1. The van der Waals surface area contributed by atoms with Gasteiger partial charge in [0.05, 0.1) is 0 Å². The fraction of sp³-hybridized carbons (Fsp3) is 0.625. The monoisotopic (exact) mass is 229 g/mol. The largest absolute Gasteiger partial charge is 0.371 e. The van der Waals surface area contributed by atoms with Crippen molar-refractivity contribution in [2.45, 2.75) is 51.9 Å². The first-order valence-corrected chi connectivity index (χ1v) is 7.18. The van der Waals surface area contributed by atoms with E-state index in [1.807, 2.05) is 0 Å². The van der Waals surface area contributed by atoms with E-state index in [2.05, 4.69) is 30.9 Å². The molecule has 1 heteroatoms. The molecule has 0 saturated carbocycles. The van der Waals surface area contributed by atoms with Gasteiger partial charge in [-0.05, 0) is 55.4 Å². The van der Waals surface area contributed by atoms with E-state index in [1.54, 1.807) is 16.8 Å². The van der Waals surface area contributed by atoms with Crippen LogP contribution in [0.3, 0.4) is 0 Å². The minimum Gasteiger partial charge on any atom is -0.371 e. The van der Waals surface area contributed by atoms with E-state index < -0.39 is 0 Å². The van der Waals surface area contributed by atoms with Gasteiger partial charge in [0.15, 0.2) is 0 Å². The lowest BCUT2D eigenvalue weighted by Gasteiger charge is -2.22. The summed E-state index contributed by atoms with van der Waals surface area (Å²) in [5, 5.41) is 0. The summed E-state index contributed by atoms with van der Waals surface area (Å²) in [6.07, 6.45) is 6.74. The highest BCUT2D eigenvalue weighted by molar-refractivity contribution is 5.65. The van der Waals surface area contributed by atoms with Gasteiger partial charge < -0.3 is 4.90 Å². The highest BCUT2D eigenvalue weighted by Crippen LogP contribution is 2.45. The van der Waals surface area contributed by atoms with Crippen molar-refractivity contribution in [2.75, 3.05) is 18.0 Å². The first-order valence-electron chi connectivity index (χ1n) is 7.18. The van der Waals surface area contributed by atoms with E-state index in [-0.39, 0.29) is 0 Å². The Kier molecular flexibility index (Phi) is 2.85. The summed E-state index contributed by atoms with van der Waals surface area (Å²) in [5.41, 5.74) is 6.47. The highest BCUT2D eigenvalue weighted by atomic mass is 15.2. The van der Waals surface area contributed by atoms with Crippen molar-refractivity contribution >= 4 is 5.69 Å². The molecule has 1 aliphatic heterocycles. The Bertz CT molecular complexity index is 422. The fourth-order valence-corrected chi connectivity index (χ4v) is 3.60. The summed E-state index contributed by atoms with van der Waals surface area (Å²) in [6.45, 7) is 7.11. The van der Waals surface area contributed by atoms with Gasteiger partial charge in [0.1, 0.15) is 0 Å². The first kappa shape index (κ1) is 11.1. The third-order valence-corrected chi connectivity index (χ3v) is 4.52. The SMILES string of the molecule is CCCCN1CC2CCCc3c(C)ccc1c32. The topological polar surface area (TPSA) is 3.24 Å². The van der Waals surface area contributed by atoms with Crippen LogP contribution >= 0.6 is 0 Å². The van der Waals surface area contributed by atoms with Gasteiger partial charge in [-0.25, -0.2) is 0 Å². The molecule has 0 fully saturated rings. The normalized spacial score (nSPS) is 21.8. The molecular formula is C16H23N. The maximum atomic E-state index is 2.64. The summed E-state index contributed by atoms with van der Waals surface area (Å²) in [5.74, 6) is 0.838. The van der Waals surface area contributed by atoms with Crippen LogP contribution in [0.25, 0.3) is 0 Å². The summed E-state index contributed by atoms with van der Waals surface area (Å²) < 4.78 is 0. The van der Waals surface area contributed by atoms with Crippen LogP contribution in [0.5, 0.6) is 0 Å². The Balaban J connectivity index is 1.98. The summed E-state index contributed by atoms with van der Waals surface area (Å²) >= 11 is 0. The second-order valence-electron chi connectivity index (χ2n) is 5.68. The van der Waals surface area contributed by atoms with Gasteiger partial charge in [-0.3, -0.25) is 0 Å². The molecule has 0 saturated heterocycles. The Labute approximate surface area is 105 Å². The molecule has 17 heavy (non-hydrogen) atoms. The molecule has 1 heterocycles. The number of hydrogen-bond donors (Lipinski definition) is 0. The second kappa shape index (κ2) is 4.36. The van der Waals surface area contributed by atoms with Crippen molar-refractivity contribution in [1.82, 2.24) is 0 Å². The molecule has 1 aliphatic carbocycles. The van der Waals surface area contributed by atoms with E-state index in [0.717, 1.165) is 5.92 Å². The maximum absolute atomic E-state index is 2.64. The highest BCUT2D eigenvalue weighted by Gasteiger charge is 2.33. The van der Waals surface area contributed by atoms with Crippen molar-refractivity contribution in [2.24, 2.45) is 0 Å². The van der Waals surface area contributed by atoms with Gasteiger partial charge in [-0.15, -0.1) is 0 Å². The van der Waals surface area contributed by atoms with Gasteiger partial charge in [0, 0.05) is 24.7 Å². The van der Waals surface area contributed by atoms with E-state index in [9.17, 15) is 0 Å². The molecule has 92 valence electrons. The fourth-order valence-electron chi connectivity index (χ4n) is 3.60. The Morgan fingerprint density at radius 2 is 2.24 bits per heavy atom. The quantitative estimate of drug-likeness (QED) is 0.756. The zero-order chi connectivity index (χ0) is 11.8. The van der Waals surface area contributed by atoms with Crippen molar-refractivity contribution in [3.63, 3.8) is 0 Å². The number of anilines is 1. The molecule has 1 aromatic carbocycles. The lowest BCUT2D eigenvalue weighted by atomic mass is 9.82. The van der Waals surface area contributed by atoms with E-state index in [4.69, 9.17) is 0 Å². The molecule has 0 amide bonds. The van der Waals surface area contributed by atoms with Gasteiger partial charge in [0.25, 0.3) is 0 Å². The number of rotatable bonds is 3. The van der Waals surface area contributed by atoms with E-state index in [0.29, 0.717) is 0 Å². The number of hydrogen-bond acceptors (Lipinski definition) is 1. The predicted molar refractivity (Wildman–Crippen MR) is 74.0 cm³/mol. The number of nitrogens with zero attached hydrogens (tertiary/aromatic N) is 1. The molecule has 1 atom stereocenters. The van der Waals surface area contributed by atoms with Crippen LogP contribution < -0.4 is 4.90 Å². The maximum Gasteiger partial charge on any atom is 0.0405 e. The molecule has 1 nitrogen and oxygen atoms in total. The summed E-state index contributed by atoms with van der Waals surface area (Å²) in [6, 6.07) is 4.70. The zero-order valence-electron chi connectivity index (χ0n) is 11.1. The molecule has 1 unspecified atom stereocenters. The minimum atomic E-state index is 0.838. The predicted octanol–water partition coefficient (Wildman–Crippen LogP) is 4.04. The van der Waals surface area contributed by atoms with Crippen LogP contribution in [-0.2, 0) is 6.42 Å². The average Bonchev–Trinajstić information content (AvgIpc) is 2.71.